The molecule has 0 aromatic heterocycles. The maximum atomic E-state index is 13.3. The second-order valence-electron chi connectivity index (χ2n) is 4.38. The van der Waals surface area contributed by atoms with Crippen molar-refractivity contribution in [2.24, 2.45) is 0 Å². The first kappa shape index (κ1) is 12.5. The van der Waals surface area contributed by atoms with Crippen molar-refractivity contribution < 1.29 is 14.3 Å². The molecule has 4 N–H and O–H groups in total. The summed E-state index contributed by atoms with van der Waals surface area (Å²) in [5.41, 5.74) is 6.54. The third kappa shape index (κ3) is 2.64. The van der Waals surface area contributed by atoms with Gasteiger partial charge in [0, 0.05) is 19.1 Å². The average Bonchev–Trinajstić information content (AvgIpc) is 2.33. The number of anilines is 2. The second-order valence-corrected chi connectivity index (χ2v) is 4.38. The molecule has 1 heterocycles. The molecule has 1 aliphatic rings. The van der Waals surface area contributed by atoms with Crippen LogP contribution in [0.2, 0.25) is 0 Å². The highest BCUT2D eigenvalue weighted by Crippen LogP contribution is 2.28. The number of halogens is 1. The summed E-state index contributed by atoms with van der Waals surface area (Å²) in [6.07, 6.45) is 0.392. The maximum absolute atomic E-state index is 13.3. The summed E-state index contributed by atoms with van der Waals surface area (Å²) in [6, 6.07) is 4.71. The van der Waals surface area contributed by atoms with Crippen LogP contribution in [0.4, 0.5) is 20.6 Å². The van der Waals surface area contributed by atoms with E-state index in [1.54, 1.807) is 12.1 Å². The van der Waals surface area contributed by atoms with Gasteiger partial charge in [-0.05, 0) is 25.0 Å². The van der Waals surface area contributed by atoms with Crippen LogP contribution in [0.25, 0.3) is 0 Å². The molecule has 0 unspecified atom stereocenters. The first-order chi connectivity index (χ1) is 8.58. The van der Waals surface area contributed by atoms with Crippen molar-refractivity contribution in [3.63, 3.8) is 0 Å². The number of nitrogen functional groups attached to an aromatic ring is 1. The number of hydrogen-bond acceptors (Lipinski definition) is 3. The van der Waals surface area contributed by atoms with Crippen molar-refractivity contribution in [3.8, 4) is 0 Å². The van der Waals surface area contributed by atoms with Crippen molar-refractivity contribution in [1.29, 1.82) is 0 Å². The smallest absolute Gasteiger partial charge is 0.404 e. The molecular weight excluding hydrogens is 237 g/mol. The van der Waals surface area contributed by atoms with E-state index in [2.05, 4.69) is 5.32 Å². The zero-order valence-corrected chi connectivity index (χ0v) is 9.90. The molecule has 1 fully saturated rings. The Balaban J connectivity index is 2.01. The Kier molecular flexibility index (Phi) is 3.55. The van der Waals surface area contributed by atoms with E-state index in [-0.39, 0.29) is 11.7 Å². The van der Waals surface area contributed by atoms with Gasteiger partial charge in [0.15, 0.2) is 0 Å². The Morgan fingerprint density at radius 2 is 2.11 bits per heavy atom. The van der Waals surface area contributed by atoms with Crippen LogP contribution in [0.1, 0.15) is 12.8 Å². The molecule has 18 heavy (non-hydrogen) atoms. The summed E-state index contributed by atoms with van der Waals surface area (Å²) in [4.78, 5) is 12.5. The maximum Gasteiger partial charge on any atom is 0.404 e. The zero-order valence-electron chi connectivity index (χ0n) is 9.90. The van der Waals surface area contributed by atoms with Gasteiger partial charge < -0.3 is 21.1 Å². The van der Waals surface area contributed by atoms with Gasteiger partial charge in [0.05, 0.1) is 11.4 Å². The molecule has 0 aliphatic carbocycles. The third-order valence-electron chi connectivity index (χ3n) is 3.19. The number of carbonyl (C=O) groups is 1. The third-order valence-corrected chi connectivity index (χ3v) is 3.19. The number of nitrogens with two attached hydrogens (primary N) is 1. The summed E-state index contributed by atoms with van der Waals surface area (Å²) in [6.45, 7) is 1.33. The lowest BCUT2D eigenvalue weighted by Gasteiger charge is -2.34. The Bertz CT molecular complexity index is 445. The Labute approximate surface area is 104 Å². The SMILES string of the molecule is Nc1c(F)cccc1N1CCC(NC(=O)O)CC1. The van der Waals surface area contributed by atoms with Gasteiger partial charge in [0.2, 0.25) is 0 Å². The van der Waals surface area contributed by atoms with E-state index in [4.69, 9.17) is 10.8 Å². The van der Waals surface area contributed by atoms with Crippen molar-refractivity contribution >= 4 is 17.5 Å². The summed E-state index contributed by atoms with van der Waals surface area (Å²) < 4.78 is 13.3. The van der Waals surface area contributed by atoms with E-state index in [9.17, 15) is 9.18 Å². The van der Waals surface area contributed by atoms with Gasteiger partial charge in [-0.25, -0.2) is 9.18 Å². The number of amides is 1. The van der Waals surface area contributed by atoms with Crippen molar-refractivity contribution in [2.45, 2.75) is 18.9 Å². The van der Waals surface area contributed by atoms with E-state index in [1.807, 2.05) is 4.90 Å². The fourth-order valence-corrected chi connectivity index (χ4v) is 2.24. The van der Waals surface area contributed by atoms with Crippen molar-refractivity contribution in [1.82, 2.24) is 5.32 Å². The van der Waals surface area contributed by atoms with Crippen molar-refractivity contribution in [3.05, 3.63) is 24.0 Å². The fourth-order valence-electron chi connectivity index (χ4n) is 2.24. The van der Waals surface area contributed by atoms with Gasteiger partial charge in [0.25, 0.3) is 0 Å². The van der Waals surface area contributed by atoms with E-state index >= 15 is 0 Å². The molecule has 0 saturated carbocycles. The van der Waals surface area contributed by atoms with E-state index < -0.39 is 11.9 Å². The van der Waals surface area contributed by atoms with Crippen LogP contribution in [-0.2, 0) is 0 Å². The number of benzene rings is 1. The molecule has 1 aliphatic heterocycles. The zero-order chi connectivity index (χ0) is 13.1. The molecule has 1 aromatic carbocycles. The predicted molar refractivity (Wildman–Crippen MR) is 67.2 cm³/mol. The Morgan fingerprint density at radius 3 is 2.72 bits per heavy atom. The number of rotatable bonds is 2. The highest BCUT2D eigenvalue weighted by atomic mass is 19.1. The monoisotopic (exact) mass is 253 g/mol. The minimum atomic E-state index is -1.00. The lowest BCUT2D eigenvalue weighted by molar-refractivity contribution is 0.187. The van der Waals surface area contributed by atoms with Gasteiger partial charge in [-0.15, -0.1) is 0 Å². The first-order valence-electron chi connectivity index (χ1n) is 5.86. The molecule has 1 amide bonds. The molecule has 0 radical (unpaired) electrons. The Hall–Kier alpha value is -1.98. The number of nitrogens with zero attached hydrogens (tertiary/aromatic N) is 1. The number of para-hydroxylation sites is 1. The van der Waals surface area contributed by atoms with Gasteiger partial charge in [0.1, 0.15) is 5.82 Å². The molecule has 2 rings (SSSR count). The van der Waals surface area contributed by atoms with Crippen LogP contribution in [0.3, 0.4) is 0 Å². The first-order valence-corrected chi connectivity index (χ1v) is 5.86. The number of carboxylic acid groups (broad SMARTS) is 1. The lowest BCUT2D eigenvalue weighted by atomic mass is 10.0. The van der Waals surface area contributed by atoms with Crippen LogP contribution >= 0.6 is 0 Å². The fraction of sp³-hybridized carbons (Fsp3) is 0.417. The van der Waals surface area contributed by atoms with Crippen LogP contribution < -0.4 is 16.0 Å². The quantitative estimate of drug-likeness (QED) is 0.700. The number of hydrogen-bond donors (Lipinski definition) is 3. The largest absolute Gasteiger partial charge is 0.465 e. The molecule has 1 aromatic rings. The van der Waals surface area contributed by atoms with Crippen LogP contribution in [-0.4, -0.2) is 30.3 Å². The average molecular weight is 253 g/mol. The minimum Gasteiger partial charge on any atom is -0.465 e. The van der Waals surface area contributed by atoms with Gasteiger partial charge in [-0.3, -0.25) is 0 Å². The standard InChI is InChI=1S/C12H16FN3O2/c13-9-2-1-3-10(11(9)14)16-6-4-8(5-7-16)15-12(17)18/h1-3,8,15H,4-7,14H2,(H,17,18). The highest BCUT2D eigenvalue weighted by Gasteiger charge is 2.22. The molecule has 0 spiro atoms. The molecule has 98 valence electrons. The normalized spacial score (nSPS) is 16.6. The van der Waals surface area contributed by atoms with Gasteiger partial charge in [-0.2, -0.15) is 0 Å². The molecule has 0 atom stereocenters. The van der Waals surface area contributed by atoms with E-state index in [0.717, 1.165) is 0 Å². The van der Waals surface area contributed by atoms with Crippen LogP contribution in [0, 0.1) is 5.82 Å². The number of nitrogens with one attached hydrogen (secondary N) is 1. The summed E-state index contributed by atoms with van der Waals surface area (Å²) in [5, 5.41) is 11.1. The molecule has 1 saturated heterocycles. The van der Waals surface area contributed by atoms with Crippen LogP contribution in [0.5, 0.6) is 0 Å². The summed E-state index contributed by atoms with van der Waals surface area (Å²) in [7, 11) is 0. The van der Waals surface area contributed by atoms with Gasteiger partial charge in [-0.1, -0.05) is 6.07 Å². The minimum absolute atomic E-state index is 0.0338. The van der Waals surface area contributed by atoms with Gasteiger partial charge >= 0.3 is 6.09 Å². The van der Waals surface area contributed by atoms with E-state index in [1.165, 1.54) is 6.07 Å². The summed E-state index contributed by atoms with van der Waals surface area (Å²) >= 11 is 0. The lowest BCUT2D eigenvalue weighted by Crippen LogP contribution is -2.44. The predicted octanol–water partition coefficient (Wildman–Crippen LogP) is 1.64. The molecular formula is C12H16FN3O2. The Morgan fingerprint density at radius 1 is 1.44 bits per heavy atom. The highest BCUT2D eigenvalue weighted by molar-refractivity contribution is 5.68. The van der Waals surface area contributed by atoms with Crippen LogP contribution in [0.15, 0.2) is 18.2 Å². The second kappa shape index (κ2) is 5.12. The van der Waals surface area contributed by atoms with E-state index in [0.29, 0.717) is 31.6 Å². The molecule has 6 heteroatoms. The number of piperidine rings is 1. The topological polar surface area (TPSA) is 78.6 Å². The summed E-state index contributed by atoms with van der Waals surface area (Å²) in [5.74, 6) is -0.418. The van der Waals surface area contributed by atoms with Crippen molar-refractivity contribution in [2.75, 3.05) is 23.7 Å². The molecule has 0 bridgehead atoms. The molecule has 5 nitrogen and oxygen atoms in total.